The van der Waals surface area contributed by atoms with Crippen molar-refractivity contribution in [2.45, 2.75) is 24.7 Å². The molecule has 13 heavy (non-hydrogen) atoms. The number of carbonyl (C=O) groups is 1. The molecule has 4 heteroatoms. The lowest BCUT2D eigenvalue weighted by Crippen LogP contribution is -2.28. The summed E-state index contributed by atoms with van der Waals surface area (Å²) in [7, 11) is 0. The zero-order valence-electron chi connectivity index (χ0n) is 8.55. The van der Waals surface area contributed by atoms with Crippen molar-refractivity contribution in [2.24, 2.45) is 0 Å². The molecule has 0 aliphatic carbocycles. The summed E-state index contributed by atoms with van der Waals surface area (Å²) in [6.07, 6.45) is 0. The van der Waals surface area contributed by atoms with Crippen LogP contribution in [0, 0.1) is 0 Å². The summed E-state index contributed by atoms with van der Waals surface area (Å²) in [5, 5.41) is 0. The van der Waals surface area contributed by atoms with Gasteiger partial charge >= 0.3 is 5.97 Å². The fourth-order valence-corrected chi connectivity index (χ4v) is 1.11. The Labute approximate surface area is 94.0 Å². The van der Waals surface area contributed by atoms with Gasteiger partial charge in [0.2, 0.25) is 0 Å². The van der Waals surface area contributed by atoms with Gasteiger partial charge in [-0.2, -0.15) is 0 Å². The van der Waals surface area contributed by atoms with E-state index in [-0.39, 0.29) is 9.89 Å². The highest BCUT2D eigenvalue weighted by Crippen LogP contribution is 2.00. The second-order valence-corrected chi connectivity index (χ2v) is 4.68. The van der Waals surface area contributed by atoms with Crippen LogP contribution in [0.2, 0.25) is 0 Å². The summed E-state index contributed by atoms with van der Waals surface area (Å²) in [6, 6.07) is 0. The summed E-state index contributed by atoms with van der Waals surface area (Å²) < 4.78 is 5.00. The molecule has 0 aromatic heterocycles. The number of halogens is 1. The van der Waals surface area contributed by atoms with Crippen LogP contribution >= 0.6 is 22.6 Å². The van der Waals surface area contributed by atoms with Gasteiger partial charge in [0.1, 0.15) is 10.5 Å². The number of alkyl halides is 1. The summed E-state index contributed by atoms with van der Waals surface area (Å²) in [4.78, 5) is 13.3. The monoisotopic (exact) mass is 299 g/mol. The lowest BCUT2D eigenvalue weighted by atomic mass is 10.5. The SMILES string of the molecule is CCN(CC)CCOC(=O)C(C)I. The van der Waals surface area contributed by atoms with Gasteiger partial charge < -0.3 is 9.64 Å². The van der Waals surface area contributed by atoms with Crippen LogP contribution in [0.3, 0.4) is 0 Å². The van der Waals surface area contributed by atoms with Gasteiger partial charge in [0.05, 0.1) is 0 Å². The van der Waals surface area contributed by atoms with Crippen molar-refractivity contribution in [3.8, 4) is 0 Å². The van der Waals surface area contributed by atoms with Crippen molar-refractivity contribution >= 4 is 28.6 Å². The molecule has 3 nitrogen and oxygen atoms in total. The molecular weight excluding hydrogens is 281 g/mol. The molecule has 0 aromatic rings. The van der Waals surface area contributed by atoms with Gasteiger partial charge in [0, 0.05) is 6.54 Å². The average molecular weight is 299 g/mol. The number of likely N-dealkylation sites (N-methyl/N-ethyl adjacent to an activating group) is 1. The van der Waals surface area contributed by atoms with E-state index in [1.54, 1.807) is 0 Å². The zero-order valence-corrected chi connectivity index (χ0v) is 10.7. The molecular formula is C9H18INO2. The predicted octanol–water partition coefficient (Wildman–Crippen LogP) is 1.69. The summed E-state index contributed by atoms with van der Waals surface area (Å²) >= 11 is 2.06. The molecule has 0 fully saturated rings. The maximum Gasteiger partial charge on any atom is 0.318 e. The molecule has 78 valence electrons. The predicted molar refractivity (Wildman–Crippen MR) is 62.2 cm³/mol. The first kappa shape index (κ1) is 13.2. The van der Waals surface area contributed by atoms with Gasteiger partial charge in [0.15, 0.2) is 0 Å². The van der Waals surface area contributed by atoms with E-state index < -0.39 is 0 Å². The zero-order chi connectivity index (χ0) is 10.3. The third kappa shape index (κ3) is 6.26. The number of esters is 1. The molecule has 1 atom stereocenters. The van der Waals surface area contributed by atoms with Crippen LogP contribution in [0.25, 0.3) is 0 Å². The minimum absolute atomic E-state index is 0.0469. The van der Waals surface area contributed by atoms with E-state index in [0.717, 1.165) is 19.6 Å². The van der Waals surface area contributed by atoms with Crippen molar-refractivity contribution in [2.75, 3.05) is 26.2 Å². The Bertz CT molecular complexity index is 147. The first-order valence-electron chi connectivity index (χ1n) is 4.64. The van der Waals surface area contributed by atoms with Crippen molar-refractivity contribution in [1.82, 2.24) is 4.90 Å². The highest BCUT2D eigenvalue weighted by Gasteiger charge is 2.09. The molecule has 0 heterocycles. The summed E-state index contributed by atoms with van der Waals surface area (Å²) in [5.74, 6) is -0.118. The van der Waals surface area contributed by atoms with E-state index in [9.17, 15) is 4.79 Å². The van der Waals surface area contributed by atoms with Crippen molar-refractivity contribution in [3.63, 3.8) is 0 Å². The molecule has 0 saturated heterocycles. The normalized spacial score (nSPS) is 13.0. The second-order valence-electron chi connectivity index (χ2n) is 2.81. The van der Waals surface area contributed by atoms with E-state index in [2.05, 4.69) is 41.3 Å². The molecule has 1 unspecified atom stereocenters. The topological polar surface area (TPSA) is 29.5 Å². The lowest BCUT2D eigenvalue weighted by Gasteiger charge is -2.17. The standard InChI is InChI=1S/C9H18INO2/c1-4-11(5-2)6-7-13-9(12)8(3)10/h8H,4-7H2,1-3H3. The number of rotatable bonds is 6. The Morgan fingerprint density at radius 1 is 1.46 bits per heavy atom. The Kier molecular flexibility index (Phi) is 7.65. The molecule has 0 radical (unpaired) electrons. The molecule has 0 saturated carbocycles. The largest absolute Gasteiger partial charge is 0.464 e. The van der Waals surface area contributed by atoms with Crippen LogP contribution < -0.4 is 0 Å². The van der Waals surface area contributed by atoms with Crippen molar-refractivity contribution in [1.29, 1.82) is 0 Å². The Morgan fingerprint density at radius 3 is 2.38 bits per heavy atom. The fraction of sp³-hybridized carbons (Fsp3) is 0.889. The van der Waals surface area contributed by atoms with E-state index in [0.29, 0.717) is 6.61 Å². The van der Waals surface area contributed by atoms with E-state index in [4.69, 9.17) is 4.74 Å². The molecule has 0 aliphatic rings. The minimum atomic E-state index is -0.118. The lowest BCUT2D eigenvalue weighted by molar-refractivity contribution is -0.142. The summed E-state index contributed by atoms with van der Waals surface area (Å²) in [5.41, 5.74) is 0. The van der Waals surface area contributed by atoms with Crippen molar-refractivity contribution < 1.29 is 9.53 Å². The molecule has 0 rings (SSSR count). The molecule has 0 spiro atoms. The average Bonchev–Trinajstić information content (AvgIpc) is 2.12. The Morgan fingerprint density at radius 2 is 2.00 bits per heavy atom. The number of hydrogen-bond acceptors (Lipinski definition) is 3. The third-order valence-corrected chi connectivity index (χ3v) is 2.38. The second kappa shape index (κ2) is 7.55. The number of ether oxygens (including phenoxy) is 1. The molecule has 0 N–H and O–H groups in total. The van der Waals surface area contributed by atoms with Crippen LogP contribution in [-0.4, -0.2) is 41.0 Å². The third-order valence-electron chi connectivity index (χ3n) is 1.87. The van der Waals surface area contributed by atoms with Crippen molar-refractivity contribution in [3.05, 3.63) is 0 Å². The van der Waals surface area contributed by atoms with Gasteiger partial charge in [-0.25, -0.2) is 0 Å². The van der Waals surface area contributed by atoms with E-state index in [1.807, 2.05) is 6.92 Å². The molecule has 0 aromatic carbocycles. The van der Waals surface area contributed by atoms with Gasteiger partial charge in [-0.05, 0) is 20.0 Å². The first-order chi connectivity index (χ1) is 6.11. The van der Waals surface area contributed by atoms with Crippen LogP contribution in [0.15, 0.2) is 0 Å². The van der Waals surface area contributed by atoms with Crippen LogP contribution in [0.4, 0.5) is 0 Å². The maximum atomic E-state index is 11.1. The Balaban J connectivity index is 3.49. The number of nitrogens with zero attached hydrogens (tertiary/aromatic N) is 1. The van der Waals surface area contributed by atoms with Crippen LogP contribution in [0.1, 0.15) is 20.8 Å². The highest BCUT2D eigenvalue weighted by molar-refractivity contribution is 14.1. The minimum Gasteiger partial charge on any atom is -0.464 e. The van der Waals surface area contributed by atoms with E-state index in [1.165, 1.54) is 0 Å². The van der Waals surface area contributed by atoms with Gasteiger partial charge in [-0.1, -0.05) is 36.4 Å². The number of hydrogen-bond donors (Lipinski definition) is 0. The Hall–Kier alpha value is 0.160. The summed E-state index contributed by atoms with van der Waals surface area (Å²) in [6.45, 7) is 9.40. The first-order valence-corrected chi connectivity index (χ1v) is 5.89. The fourth-order valence-electron chi connectivity index (χ4n) is 0.930. The van der Waals surface area contributed by atoms with Gasteiger partial charge in [-0.15, -0.1) is 0 Å². The molecule has 0 bridgehead atoms. The van der Waals surface area contributed by atoms with Crippen LogP contribution in [-0.2, 0) is 9.53 Å². The smallest absolute Gasteiger partial charge is 0.318 e. The molecule has 0 amide bonds. The van der Waals surface area contributed by atoms with Crippen LogP contribution in [0.5, 0.6) is 0 Å². The number of carbonyl (C=O) groups excluding carboxylic acids is 1. The maximum absolute atomic E-state index is 11.1. The van der Waals surface area contributed by atoms with Gasteiger partial charge in [-0.3, -0.25) is 4.79 Å². The molecule has 0 aliphatic heterocycles. The van der Waals surface area contributed by atoms with E-state index >= 15 is 0 Å². The van der Waals surface area contributed by atoms with Gasteiger partial charge in [0.25, 0.3) is 0 Å². The quantitative estimate of drug-likeness (QED) is 0.425. The highest BCUT2D eigenvalue weighted by atomic mass is 127.